The molecular formula is C13H22N2O4. The standard InChI is InChI=1S/C13H22N2O4/c1-7(2)14-11(16)8(3)15-12(17)9-4-5-10(6-9)13(18)19/h7-10H,4-6H2,1-3H3,(H,14,16)(H,15,17)(H,18,19). The van der Waals surface area contributed by atoms with Gasteiger partial charge in [0.15, 0.2) is 0 Å². The van der Waals surface area contributed by atoms with Gasteiger partial charge in [0, 0.05) is 12.0 Å². The Morgan fingerprint density at radius 3 is 2.11 bits per heavy atom. The highest BCUT2D eigenvalue weighted by Crippen LogP contribution is 2.31. The molecule has 3 atom stereocenters. The molecule has 0 heterocycles. The SMILES string of the molecule is CC(C)NC(=O)C(C)NC(=O)C1CCC(C(=O)O)C1. The predicted molar refractivity (Wildman–Crippen MR) is 69.4 cm³/mol. The third-order valence-corrected chi connectivity index (χ3v) is 3.34. The highest BCUT2D eigenvalue weighted by molar-refractivity contribution is 5.88. The molecule has 0 saturated heterocycles. The Balaban J connectivity index is 2.43. The van der Waals surface area contributed by atoms with Crippen molar-refractivity contribution in [1.29, 1.82) is 0 Å². The molecule has 3 unspecified atom stereocenters. The average Bonchev–Trinajstić information content (AvgIpc) is 2.77. The van der Waals surface area contributed by atoms with E-state index in [-0.39, 0.29) is 23.8 Å². The molecule has 0 aromatic rings. The number of carbonyl (C=O) groups is 3. The molecule has 0 radical (unpaired) electrons. The van der Waals surface area contributed by atoms with Crippen LogP contribution in [-0.4, -0.2) is 35.0 Å². The zero-order valence-corrected chi connectivity index (χ0v) is 11.6. The van der Waals surface area contributed by atoms with Crippen molar-refractivity contribution in [3.05, 3.63) is 0 Å². The number of carboxylic acid groups (broad SMARTS) is 1. The van der Waals surface area contributed by atoms with Crippen LogP contribution in [0.4, 0.5) is 0 Å². The molecule has 0 bridgehead atoms. The van der Waals surface area contributed by atoms with Crippen LogP contribution in [0.2, 0.25) is 0 Å². The van der Waals surface area contributed by atoms with Gasteiger partial charge in [-0.25, -0.2) is 0 Å². The molecule has 1 rings (SSSR count). The van der Waals surface area contributed by atoms with Crippen molar-refractivity contribution in [2.75, 3.05) is 0 Å². The monoisotopic (exact) mass is 270 g/mol. The summed E-state index contributed by atoms with van der Waals surface area (Å²) in [6, 6.07) is -0.575. The number of nitrogens with one attached hydrogen (secondary N) is 2. The lowest BCUT2D eigenvalue weighted by Gasteiger charge is -2.18. The highest BCUT2D eigenvalue weighted by atomic mass is 16.4. The van der Waals surface area contributed by atoms with E-state index in [0.29, 0.717) is 19.3 Å². The van der Waals surface area contributed by atoms with E-state index >= 15 is 0 Å². The second-order valence-electron chi connectivity index (χ2n) is 5.44. The molecule has 0 aromatic carbocycles. The van der Waals surface area contributed by atoms with Crippen LogP contribution in [0.1, 0.15) is 40.0 Å². The minimum Gasteiger partial charge on any atom is -0.481 e. The molecule has 0 spiro atoms. The molecule has 0 aliphatic heterocycles. The Morgan fingerprint density at radius 2 is 1.63 bits per heavy atom. The zero-order valence-electron chi connectivity index (χ0n) is 11.6. The minimum absolute atomic E-state index is 0.0229. The van der Waals surface area contributed by atoms with Crippen LogP contribution in [0.15, 0.2) is 0 Å². The molecule has 2 amide bonds. The van der Waals surface area contributed by atoms with Crippen molar-refractivity contribution in [1.82, 2.24) is 10.6 Å². The molecule has 6 heteroatoms. The topological polar surface area (TPSA) is 95.5 Å². The van der Waals surface area contributed by atoms with Crippen LogP contribution in [0.5, 0.6) is 0 Å². The van der Waals surface area contributed by atoms with Gasteiger partial charge in [-0.3, -0.25) is 14.4 Å². The zero-order chi connectivity index (χ0) is 14.6. The second-order valence-corrected chi connectivity index (χ2v) is 5.44. The lowest BCUT2D eigenvalue weighted by atomic mass is 10.0. The quantitative estimate of drug-likeness (QED) is 0.678. The third-order valence-electron chi connectivity index (χ3n) is 3.34. The molecular weight excluding hydrogens is 248 g/mol. The first-order valence-electron chi connectivity index (χ1n) is 6.64. The van der Waals surface area contributed by atoms with Gasteiger partial charge in [-0.1, -0.05) is 0 Å². The van der Waals surface area contributed by atoms with Crippen molar-refractivity contribution >= 4 is 17.8 Å². The highest BCUT2D eigenvalue weighted by Gasteiger charge is 2.34. The molecule has 1 saturated carbocycles. The lowest BCUT2D eigenvalue weighted by Crippen LogP contribution is -2.48. The molecule has 0 aromatic heterocycles. The summed E-state index contributed by atoms with van der Waals surface area (Å²) in [4.78, 5) is 34.4. The maximum absolute atomic E-state index is 11.9. The van der Waals surface area contributed by atoms with E-state index in [1.54, 1.807) is 6.92 Å². The van der Waals surface area contributed by atoms with Crippen LogP contribution in [0.3, 0.4) is 0 Å². The largest absolute Gasteiger partial charge is 0.481 e. The van der Waals surface area contributed by atoms with Crippen LogP contribution in [-0.2, 0) is 14.4 Å². The molecule has 19 heavy (non-hydrogen) atoms. The summed E-state index contributed by atoms with van der Waals surface area (Å²) in [5.74, 6) is -2.03. The molecule has 108 valence electrons. The molecule has 1 fully saturated rings. The fraction of sp³-hybridized carbons (Fsp3) is 0.769. The Bertz CT molecular complexity index is 368. The van der Waals surface area contributed by atoms with Crippen molar-refractivity contribution in [2.45, 2.75) is 52.1 Å². The van der Waals surface area contributed by atoms with E-state index in [4.69, 9.17) is 5.11 Å². The number of carboxylic acids is 1. The molecule has 3 N–H and O–H groups in total. The van der Waals surface area contributed by atoms with Gasteiger partial charge < -0.3 is 15.7 Å². The summed E-state index contributed by atoms with van der Waals surface area (Å²) < 4.78 is 0. The van der Waals surface area contributed by atoms with Gasteiger partial charge in [-0.05, 0) is 40.0 Å². The average molecular weight is 270 g/mol. The van der Waals surface area contributed by atoms with E-state index in [2.05, 4.69) is 10.6 Å². The molecule has 6 nitrogen and oxygen atoms in total. The molecule has 1 aliphatic rings. The van der Waals surface area contributed by atoms with Crippen LogP contribution in [0, 0.1) is 11.8 Å². The summed E-state index contributed by atoms with van der Waals surface area (Å²) in [5.41, 5.74) is 0. The van der Waals surface area contributed by atoms with Gasteiger partial charge in [0.2, 0.25) is 11.8 Å². The maximum atomic E-state index is 11.9. The van der Waals surface area contributed by atoms with Crippen LogP contribution >= 0.6 is 0 Å². The van der Waals surface area contributed by atoms with Gasteiger partial charge in [0.1, 0.15) is 6.04 Å². The summed E-state index contributed by atoms with van der Waals surface area (Å²) in [5, 5.41) is 14.2. The fourth-order valence-corrected chi connectivity index (χ4v) is 2.25. The van der Waals surface area contributed by atoms with Gasteiger partial charge >= 0.3 is 5.97 Å². The van der Waals surface area contributed by atoms with Crippen molar-refractivity contribution < 1.29 is 19.5 Å². The van der Waals surface area contributed by atoms with Crippen molar-refractivity contribution in [2.24, 2.45) is 11.8 Å². The maximum Gasteiger partial charge on any atom is 0.306 e. The van der Waals surface area contributed by atoms with E-state index < -0.39 is 17.9 Å². The van der Waals surface area contributed by atoms with Crippen LogP contribution in [0.25, 0.3) is 0 Å². The van der Waals surface area contributed by atoms with E-state index in [0.717, 1.165) is 0 Å². The van der Waals surface area contributed by atoms with E-state index in [1.165, 1.54) is 0 Å². The van der Waals surface area contributed by atoms with Gasteiger partial charge in [0.05, 0.1) is 5.92 Å². The summed E-state index contributed by atoms with van der Waals surface area (Å²) in [6.45, 7) is 5.32. The minimum atomic E-state index is -0.846. The van der Waals surface area contributed by atoms with E-state index in [9.17, 15) is 14.4 Å². The Morgan fingerprint density at radius 1 is 1.05 bits per heavy atom. The smallest absolute Gasteiger partial charge is 0.306 e. The lowest BCUT2D eigenvalue weighted by molar-refractivity contribution is -0.141. The first-order chi connectivity index (χ1) is 8.81. The van der Waals surface area contributed by atoms with E-state index in [1.807, 2.05) is 13.8 Å². The Hall–Kier alpha value is -1.59. The number of amides is 2. The summed E-state index contributed by atoms with van der Waals surface area (Å²) in [6.07, 6.45) is 1.46. The number of aliphatic carboxylic acids is 1. The van der Waals surface area contributed by atoms with Crippen LogP contribution < -0.4 is 10.6 Å². The Kier molecular flexibility index (Phi) is 5.32. The second kappa shape index (κ2) is 6.54. The number of carbonyl (C=O) groups excluding carboxylic acids is 2. The number of hydrogen-bond donors (Lipinski definition) is 3. The third kappa shape index (κ3) is 4.54. The summed E-state index contributed by atoms with van der Waals surface area (Å²) in [7, 11) is 0. The van der Waals surface area contributed by atoms with Gasteiger partial charge in [-0.2, -0.15) is 0 Å². The van der Waals surface area contributed by atoms with Gasteiger partial charge in [-0.15, -0.1) is 0 Å². The fourth-order valence-electron chi connectivity index (χ4n) is 2.25. The number of hydrogen-bond acceptors (Lipinski definition) is 3. The first-order valence-corrected chi connectivity index (χ1v) is 6.64. The van der Waals surface area contributed by atoms with Crippen molar-refractivity contribution in [3.63, 3.8) is 0 Å². The molecule has 1 aliphatic carbocycles. The van der Waals surface area contributed by atoms with Crippen molar-refractivity contribution in [3.8, 4) is 0 Å². The first kappa shape index (κ1) is 15.5. The Labute approximate surface area is 112 Å². The normalized spacial score (nSPS) is 24.0. The predicted octanol–water partition coefficient (Wildman–Crippen LogP) is 0.517. The summed E-state index contributed by atoms with van der Waals surface area (Å²) >= 11 is 0. The van der Waals surface area contributed by atoms with Gasteiger partial charge in [0.25, 0.3) is 0 Å². The number of rotatable bonds is 5.